The lowest BCUT2D eigenvalue weighted by Gasteiger charge is -2.19. The average molecular weight is 203 g/mol. The molecule has 1 N–H and O–H groups in total. The van der Waals surface area contributed by atoms with Gasteiger partial charge in [-0.2, -0.15) is 0 Å². The van der Waals surface area contributed by atoms with E-state index in [0.717, 1.165) is 5.92 Å². The van der Waals surface area contributed by atoms with Gasteiger partial charge in [0, 0.05) is 6.04 Å². The molecule has 15 heavy (non-hydrogen) atoms. The van der Waals surface area contributed by atoms with Crippen molar-refractivity contribution in [3.8, 4) is 0 Å². The lowest BCUT2D eigenvalue weighted by Crippen LogP contribution is -2.17. The van der Waals surface area contributed by atoms with E-state index in [2.05, 4.69) is 44.3 Å². The van der Waals surface area contributed by atoms with Gasteiger partial charge in [0.15, 0.2) is 0 Å². The lowest BCUT2D eigenvalue weighted by molar-refractivity contribution is 0.449. The van der Waals surface area contributed by atoms with Crippen LogP contribution in [-0.2, 0) is 0 Å². The molecule has 0 aliphatic carbocycles. The zero-order chi connectivity index (χ0) is 10.8. The maximum absolute atomic E-state index is 3.63. The topological polar surface area (TPSA) is 12.0 Å². The predicted molar refractivity (Wildman–Crippen MR) is 65.1 cm³/mol. The number of nitrogens with one attached hydrogen (secondary N) is 1. The van der Waals surface area contributed by atoms with Gasteiger partial charge in [0.25, 0.3) is 0 Å². The van der Waals surface area contributed by atoms with E-state index in [4.69, 9.17) is 0 Å². The summed E-state index contributed by atoms with van der Waals surface area (Å²) in [6, 6.07) is 7.50. The molecule has 0 saturated carbocycles. The van der Waals surface area contributed by atoms with E-state index < -0.39 is 0 Å². The Labute approximate surface area is 92.9 Å². The molecule has 1 aliphatic rings. The van der Waals surface area contributed by atoms with Crippen molar-refractivity contribution in [3.63, 3.8) is 0 Å². The molecular weight excluding hydrogens is 182 g/mol. The van der Waals surface area contributed by atoms with Crippen LogP contribution in [0.4, 0.5) is 0 Å². The average Bonchev–Trinajstić information content (AvgIpc) is 2.63. The summed E-state index contributed by atoms with van der Waals surface area (Å²) in [7, 11) is 0. The first-order chi connectivity index (χ1) is 7.20. The van der Waals surface area contributed by atoms with Gasteiger partial charge < -0.3 is 5.32 Å². The van der Waals surface area contributed by atoms with Crippen LogP contribution in [0.2, 0.25) is 0 Å². The number of benzene rings is 1. The molecule has 1 fully saturated rings. The summed E-state index contributed by atoms with van der Waals surface area (Å²) in [6.45, 7) is 7.85. The van der Waals surface area contributed by atoms with Gasteiger partial charge in [-0.05, 0) is 38.3 Å². The molecule has 1 saturated heterocycles. The molecule has 2 atom stereocenters. The van der Waals surface area contributed by atoms with Crippen molar-refractivity contribution in [2.75, 3.05) is 6.54 Å². The zero-order valence-corrected chi connectivity index (χ0v) is 10.0. The third-order valence-corrected chi connectivity index (χ3v) is 3.48. The quantitative estimate of drug-likeness (QED) is 0.777. The Balaban J connectivity index is 2.28. The standard InChI is InChI=1S/C14H21N/c1-4-12-5-6-15-14(12)13-8-10(2)7-11(3)9-13/h7-9,12,14-15H,4-6H2,1-3H3/t12-,14-/m0/s1. The molecule has 1 aliphatic heterocycles. The molecule has 0 radical (unpaired) electrons. The van der Waals surface area contributed by atoms with Crippen molar-refractivity contribution < 1.29 is 0 Å². The third kappa shape index (κ3) is 2.23. The van der Waals surface area contributed by atoms with Gasteiger partial charge in [-0.15, -0.1) is 0 Å². The van der Waals surface area contributed by atoms with Gasteiger partial charge in [0.05, 0.1) is 0 Å². The molecule has 0 amide bonds. The van der Waals surface area contributed by atoms with Gasteiger partial charge in [-0.3, -0.25) is 0 Å². The summed E-state index contributed by atoms with van der Waals surface area (Å²) in [5.74, 6) is 0.825. The smallest absolute Gasteiger partial charge is 0.0349 e. The second-order valence-corrected chi connectivity index (χ2v) is 4.81. The summed E-state index contributed by atoms with van der Waals surface area (Å²) in [5, 5.41) is 3.63. The van der Waals surface area contributed by atoms with E-state index >= 15 is 0 Å². The Morgan fingerprint density at radius 3 is 2.47 bits per heavy atom. The van der Waals surface area contributed by atoms with Crippen LogP contribution >= 0.6 is 0 Å². The SMILES string of the molecule is CC[C@H]1CCN[C@@H]1c1cc(C)cc(C)c1. The van der Waals surface area contributed by atoms with Crippen molar-refractivity contribution in [2.24, 2.45) is 5.92 Å². The van der Waals surface area contributed by atoms with Crippen LogP contribution in [0.5, 0.6) is 0 Å². The Hall–Kier alpha value is -0.820. The van der Waals surface area contributed by atoms with Gasteiger partial charge >= 0.3 is 0 Å². The van der Waals surface area contributed by atoms with Gasteiger partial charge in [-0.1, -0.05) is 42.7 Å². The first-order valence-electron chi connectivity index (χ1n) is 6.02. The predicted octanol–water partition coefficient (Wildman–Crippen LogP) is 3.36. The molecule has 1 heterocycles. The molecule has 0 spiro atoms. The number of aryl methyl sites for hydroxylation is 2. The molecule has 1 aromatic carbocycles. The molecule has 0 unspecified atom stereocenters. The first kappa shape index (κ1) is 10.7. The summed E-state index contributed by atoms with van der Waals surface area (Å²) in [5.41, 5.74) is 4.25. The monoisotopic (exact) mass is 203 g/mol. The summed E-state index contributed by atoms with van der Waals surface area (Å²) in [4.78, 5) is 0. The highest BCUT2D eigenvalue weighted by atomic mass is 14.9. The Morgan fingerprint density at radius 2 is 1.87 bits per heavy atom. The summed E-state index contributed by atoms with van der Waals surface area (Å²) >= 11 is 0. The van der Waals surface area contributed by atoms with Crippen LogP contribution in [0, 0.1) is 19.8 Å². The molecule has 1 aromatic rings. The highest BCUT2D eigenvalue weighted by molar-refractivity contribution is 5.31. The maximum Gasteiger partial charge on any atom is 0.0349 e. The van der Waals surface area contributed by atoms with E-state index in [1.807, 2.05) is 0 Å². The normalized spacial score (nSPS) is 25.8. The van der Waals surface area contributed by atoms with Crippen LogP contribution in [0.3, 0.4) is 0 Å². The summed E-state index contributed by atoms with van der Waals surface area (Å²) < 4.78 is 0. The van der Waals surface area contributed by atoms with Crippen LogP contribution in [0.25, 0.3) is 0 Å². The van der Waals surface area contributed by atoms with Crippen LogP contribution in [0.1, 0.15) is 42.5 Å². The Morgan fingerprint density at radius 1 is 1.20 bits per heavy atom. The third-order valence-electron chi connectivity index (χ3n) is 3.48. The second-order valence-electron chi connectivity index (χ2n) is 4.81. The molecule has 2 rings (SSSR count). The fraction of sp³-hybridized carbons (Fsp3) is 0.571. The number of rotatable bonds is 2. The van der Waals surface area contributed by atoms with Gasteiger partial charge in [0.2, 0.25) is 0 Å². The van der Waals surface area contributed by atoms with Crippen LogP contribution in [0.15, 0.2) is 18.2 Å². The van der Waals surface area contributed by atoms with E-state index in [0.29, 0.717) is 6.04 Å². The fourth-order valence-electron chi connectivity index (χ4n) is 2.78. The Bertz CT molecular complexity index is 323. The highest BCUT2D eigenvalue weighted by Gasteiger charge is 2.26. The van der Waals surface area contributed by atoms with Crippen molar-refractivity contribution in [1.29, 1.82) is 0 Å². The molecule has 1 nitrogen and oxygen atoms in total. The molecule has 0 bridgehead atoms. The summed E-state index contributed by atoms with van der Waals surface area (Å²) in [6.07, 6.45) is 2.61. The van der Waals surface area contributed by atoms with Crippen LogP contribution < -0.4 is 5.32 Å². The minimum absolute atomic E-state index is 0.591. The van der Waals surface area contributed by atoms with Crippen molar-refractivity contribution in [1.82, 2.24) is 5.32 Å². The van der Waals surface area contributed by atoms with Crippen molar-refractivity contribution >= 4 is 0 Å². The minimum Gasteiger partial charge on any atom is -0.310 e. The molecule has 82 valence electrons. The Kier molecular flexibility index (Phi) is 3.11. The van der Waals surface area contributed by atoms with E-state index in [-0.39, 0.29) is 0 Å². The van der Waals surface area contributed by atoms with Crippen molar-refractivity contribution in [3.05, 3.63) is 34.9 Å². The number of hydrogen-bond acceptors (Lipinski definition) is 1. The van der Waals surface area contributed by atoms with E-state index in [1.54, 1.807) is 0 Å². The largest absolute Gasteiger partial charge is 0.310 e. The number of hydrogen-bond donors (Lipinski definition) is 1. The zero-order valence-electron chi connectivity index (χ0n) is 10.0. The molecular formula is C14H21N. The molecule has 1 heteroatoms. The maximum atomic E-state index is 3.63. The fourth-order valence-corrected chi connectivity index (χ4v) is 2.78. The van der Waals surface area contributed by atoms with E-state index in [1.165, 1.54) is 36.1 Å². The second kappa shape index (κ2) is 4.36. The van der Waals surface area contributed by atoms with E-state index in [9.17, 15) is 0 Å². The van der Waals surface area contributed by atoms with Crippen LogP contribution in [-0.4, -0.2) is 6.54 Å². The van der Waals surface area contributed by atoms with Gasteiger partial charge in [0.1, 0.15) is 0 Å². The first-order valence-corrected chi connectivity index (χ1v) is 6.02. The highest BCUT2D eigenvalue weighted by Crippen LogP contribution is 2.32. The molecule has 0 aromatic heterocycles. The van der Waals surface area contributed by atoms with Gasteiger partial charge in [-0.25, -0.2) is 0 Å². The minimum atomic E-state index is 0.591. The lowest BCUT2D eigenvalue weighted by atomic mass is 9.90. The van der Waals surface area contributed by atoms with Crippen molar-refractivity contribution in [2.45, 2.75) is 39.7 Å².